The Morgan fingerprint density at radius 2 is 2.36 bits per heavy atom. The van der Waals surface area contributed by atoms with E-state index in [-0.39, 0.29) is 0 Å². The van der Waals surface area contributed by atoms with Gasteiger partial charge in [-0.3, -0.25) is 4.79 Å². The summed E-state index contributed by atoms with van der Waals surface area (Å²) < 4.78 is 0. The van der Waals surface area contributed by atoms with Gasteiger partial charge in [-0.25, -0.2) is 0 Å². The van der Waals surface area contributed by atoms with Crippen LogP contribution in [-0.4, -0.2) is 29.9 Å². The Balaban J connectivity index is 2.05. The normalized spacial score (nSPS) is 35.4. The van der Waals surface area contributed by atoms with Crippen LogP contribution in [0.3, 0.4) is 0 Å². The van der Waals surface area contributed by atoms with E-state index in [0.29, 0.717) is 24.4 Å². The average Bonchev–Trinajstić information content (AvgIpc) is 2.54. The molecule has 1 aliphatic heterocycles. The van der Waals surface area contributed by atoms with Crippen LogP contribution in [-0.2, 0) is 4.79 Å². The van der Waals surface area contributed by atoms with Crippen molar-refractivity contribution in [3.8, 4) is 0 Å². The van der Waals surface area contributed by atoms with Gasteiger partial charge in [0.05, 0.1) is 0 Å². The van der Waals surface area contributed by atoms with E-state index in [2.05, 4.69) is 0 Å². The molecule has 3 heteroatoms. The van der Waals surface area contributed by atoms with Gasteiger partial charge >= 0.3 is 0 Å². The summed E-state index contributed by atoms with van der Waals surface area (Å²) in [4.78, 5) is 13.4. The molecule has 1 heterocycles. The van der Waals surface area contributed by atoms with Crippen molar-refractivity contribution in [3.05, 3.63) is 0 Å². The molecule has 2 aliphatic rings. The number of nitrogens with two attached hydrogens (primary N) is 1. The summed E-state index contributed by atoms with van der Waals surface area (Å²) in [7, 11) is 0. The van der Waals surface area contributed by atoms with Crippen LogP contribution in [0.25, 0.3) is 0 Å². The lowest BCUT2D eigenvalue weighted by atomic mass is 10.1. The van der Waals surface area contributed by atoms with Crippen molar-refractivity contribution >= 4 is 5.91 Å². The van der Waals surface area contributed by atoms with Crippen molar-refractivity contribution in [3.63, 3.8) is 0 Å². The predicted molar refractivity (Wildman–Crippen MR) is 41.9 cm³/mol. The third kappa shape index (κ3) is 0.948. The molecule has 2 atom stereocenters. The van der Waals surface area contributed by atoms with Gasteiger partial charge < -0.3 is 10.6 Å². The molecule has 2 bridgehead atoms. The van der Waals surface area contributed by atoms with Crippen molar-refractivity contribution in [1.29, 1.82) is 0 Å². The van der Waals surface area contributed by atoms with Crippen LogP contribution in [0.2, 0.25) is 0 Å². The monoisotopic (exact) mass is 154 g/mol. The first-order valence-corrected chi connectivity index (χ1v) is 4.33. The summed E-state index contributed by atoms with van der Waals surface area (Å²) in [6, 6.07) is 0.538. The van der Waals surface area contributed by atoms with E-state index in [1.54, 1.807) is 0 Å². The number of likely N-dealkylation sites (tertiary alicyclic amines) is 1. The highest BCUT2D eigenvalue weighted by Gasteiger charge is 2.43. The van der Waals surface area contributed by atoms with Gasteiger partial charge in [0.1, 0.15) is 0 Å². The quantitative estimate of drug-likeness (QED) is 0.606. The Kier molecular flexibility index (Phi) is 1.60. The van der Waals surface area contributed by atoms with Gasteiger partial charge in [0, 0.05) is 25.0 Å². The zero-order valence-electron chi connectivity index (χ0n) is 6.62. The lowest BCUT2D eigenvalue weighted by Crippen LogP contribution is -2.40. The Hall–Kier alpha value is -0.570. The van der Waals surface area contributed by atoms with Crippen LogP contribution in [0.15, 0.2) is 0 Å². The molecule has 0 spiro atoms. The van der Waals surface area contributed by atoms with E-state index >= 15 is 0 Å². The lowest BCUT2D eigenvalue weighted by molar-refractivity contribution is -0.133. The molecule has 3 nitrogen and oxygen atoms in total. The first-order valence-electron chi connectivity index (χ1n) is 4.33. The van der Waals surface area contributed by atoms with Crippen molar-refractivity contribution in [2.24, 2.45) is 11.7 Å². The summed E-state index contributed by atoms with van der Waals surface area (Å²) in [5, 5.41) is 0. The third-order valence-electron chi connectivity index (χ3n) is 2.85. The first kappa shape index (κ1) is 7.10. The van der Waals surface area contributed by atoms with E-state index in [1.807, 2.05) is 4.90 Å². The minimum absolute atomic E-state index is 0.353. The third-order valence-corrected chi connectivity index (χ3v) is 2.85. The molecule has 0 unspecified atom stereocenters. The fraction of sp³-hybridized carbons (Fsp3) is 0.875. The molecule has 1 saturated carbocycles. The van der Waals surface area contributed by atoms with Crippen molar-refractivity contribution in [1.82, 2.24) is 4.90 Å². The highest BCUT2D eigenvalue weighted by molar-refractivity contribution is 5.82. The largest absolute Gasteiger partial charge is 0.338 e. The van der Waals surface area contributed by atoms with Gasteiger partial charge in [-0.1, -0.05) is 0 Å². The number of carbonyl (C=O) groups excluding carboxylic acids is 1. The number of nitrogens with zero attached hydrogens (tertiary/aromatic N) is 1. The minimum atomic E-state index is 0.353. The Morgan fingerprint density at radius 3 is 2.91 bits per heavy atom. The first-order chi connectivity index (χ1) is 5.33. The molecule has 2 rings (SSSR count). The van der Waals surface area contributed by atoms with Crippen LogP contribution in [0.1, 0.15) is 19.3 Å². The molecular weight excluding hydrogens is 140 g/mol. The zero-order valence-corrected chi connectivity index (χ0v) is 6.62. The number of hydrogen-bond acceptors (Lipinski definition) is 2. The van der Waals surface area contributed by atoms with Gasteiger partial charge in [0.15, 0.2) is 0 Å². The second kappa shape index (κ2) is 2.48. The molecular formula is C8H14N2O. The van der Waals surface area contributed by atoms with Crippen molar-refractivity contribution in [2.45, 2.75) is 25.3 Å². The highest BCUT2D eigenvalue weighted by atomic mass is 16.2. The van der Waals surface area contributed by atoms with Crippen LogP contribution in [0.5, 0.6) is 0 Å². The number of rotatable bonds is 2. The smallest absolute Gasteiger partial charge is 0.226 e. The standard InChI is InChI=1S/C8H14N2O/c9-3-4-10-7-2-1-6(5-7)8(10)11/h6-7H,1-5,9H2/t6-,7+/m0/s1. The molecule has 0 aromatic rings. The van der Waals surface area contributed by atoms with E-state index in [9.17, 15) is 4.79 Å². The molecule has 2 N–H and O–H groups in total. The second-order valence-corrected chi connectivity index (χ2v) is 3.48. The Labute approximate surface area is 66.5 Å². The van der Waals surface area contributed by atoms with Crippen LogP contribution >= 0.6 is 0 Å². The topological polar surface area (TPSA) is 46.3 Å². The molecule has 0 aromatic heterocycles. The number of fused-ring (bicyclic) bond motifs is 2. The van der Waals surface area contributed by atoms with Gasteiger partial charge in [-0.15, -0.1) is 0 Å². The summed E-state index contributed by atoms with van der Waals surface area (Å²) in [6.45, 7) is 1.37. The van der Waals surface area contributed by atoms with Crippen LogP contribution in [0.4, 0.5) is 0 Å². The van der Waals surface area contributed by atoms with Crippen molar-refractivity contribution < 1.29 is 4.79 Å². The predicted octanol–water partition coefficient (Wildman–Crippen LogP) is -0.0440. The molecule has 1 saturated heterocycles. The summed E-state index contributed by atoms with van der Waals surface area (Å²) in [5.41, 5.74) is 5.41. The SMILES string of the molecule is NCCN1C(=O)[C@H]2CC[C@@H]1C2. The van der Waals surface area contributed by atoms with E-state index < -0.39 is 0 Å². The molecule has 62 valence electrons. The molecule has 0 radical (unpaired) electrons. The molecule has 0 aromatic carbocycles. The molecule has 1 aliphatic carbocycles. The van der Waals surface area contributed by atoms with E-state index in [4.69, 9.17) is 5.73 Å². The van der Waals surface area contributed by atoms with Gasteiger partial charge in [-0.2, -0.15) is 0 Å². The van der Waals surface area contributed by atoms with E-state index in [0.717, 1.165) is 19.4 Å². The van der Waals surface area contributed by atoms with Crippen molar-refractivity contribution in [2.75, 3.05) is 13.1 Å². The number of carbonyl (C=O) groups is 1. The lowest BCUT2D eigenvalue weighted by Gasteiger charge is -2.26. The zero-order chi connectivity index (χ0) is 7.84. The fourth-order valence-corrected chi connectivity index (χ4v) is 2.31. The maximum absolute atomic E-state index is 11.4. The summed E-state index contributed by atoms with van der Waals surface area (Å²) in [5.74, 6) is 0.707. The highest BCUT2D eigenvalue weighted by Crippen LogP contribution is 2.37. The maximum atomic E-state index is 11.4. The van der Waals surface area contributed by atoms with Crippen LogP contribution < -0.4 is 5.73 Å². The minimum Gasteiger partial charge on any atom is -0.338 e. The molecule has 2 fully saturated rings. The van der Waals surface area contributed by atoms with Crippen LogP contribution in [0, 0.1) is 5.92 Å². The number of amides is 1. The van der Waals surface area contributed by atoms with Gasteiger partial charge in [0.25, 0.3) is 0 Å². The second-order valence-electron chi connectivity index (χ2n) is 3.48. The number of hydrogen-bond donors (Lipinski definition) is 1. The summed E-state index contributed by atoms with van der Waals surface area (Å²) in [6.07, 6.45) is 3.42. The Bertz CT molecular complexity index is 181. The fourth-order valence-electron chi connectivity index (χ4n) is 2.31. The van der Waals surface area contributed by atoms with Gasteiger partial charge in [-0.05, 0) is 19.3 Å². The number of piperidine rings is 1. The average molecular weight is 154 g/mol. The van der Waals surface area contributed by atoms with E-state index in [1.165, 1.54) is 6.42 Å². The molecule has 11 heavy (non-hydrogen) atoms. The molecule has 1 amide bonds. The maximum Gasteiger partial charge on any atom is 0.226 e. The Morgan fingerprint density at radius 1 is 1.55 bits per heavy atom. The van der Waals surface area contributed by atoms with Gasteiger partial charge in [0.2, 0.25) is 5.91 Å². The summed E-state index contributed by atoms with van der Waals surface area (Å²) >= 11 is 0.